The van der Waals surface area contributed by atoms with Crippen molar-refractivity contribution in [3.05, 3.63) is 55.2 Å². The average molecular weight is 210 g/mol. The summed E-state index contributed by atoms with van der Waals surface area (Å²) in [6.07, 6.45) is 7.17. The molecule has 4 heteroatoms. The van der Waals surface area contributed by atoms with Crippen LogP contribution in [0.5, 0.6) is 0 Å². The van der Waals surface area contributed by atoms with Crippen LogP contribution >= 0.6 is 0 Å². The molecule has 0 saturated heterocycles. The predicted molar refractivity (Wildman–Crippen MR) is 61.1 cm³/mol. The number of nitrogens with one attached hydrogen (secondary N) is 1. The minimum Gasteiger partial charge on any atom is -0.345 e. The number of aromatic nitrogens is 4. The molecule has 4 nitrogen and oxygen atoms in total. The van der Waals surface area contributed by atoms with Gasteiger partial charge >= 0.3 is 0 Å². The summed E-state index contributed by atoms with van der Waals surface area (Å²) in [5, 5.41) is 4.20. The van der Waals surface area contributed by atoms with E-state index in [1.54, 1.807) is 12.5 Å². The maximum absolute atomic E-state index is 4.20. The molecule has 3 aromatic rings. The van der Waals surface area contributed by atoms with Crippen LogP contribution in [0.15, 0.2) is 55.2 Å². The lowest BCUT2D eigenvalue weighted by atomic mass is 10.1. The molecule has 0 aliphatic carbocycles. The van der Waals surface area contributed by atoms with Crippen LogP contribution in [0.4, 0.5) is 0 Å². The molecule has 0 radical (unpaired) electrons. The topological polar surface area (TPSA) is 46.5 Å². The molecule has 0 fully saturated rings. The van der Waals surface area contributed by atoms with Gasteiger partial charge in [0.25, 0.3) is 0 Å². The van der Waals surface area contributed by atoms with Crippen molar-refractivity contribution in [1.82, 2.24) is 19.7 Å². The molecule has 3 rings (SSSR count). The predicted octanol–water partition coefficient (Wildman–Crippen LogP) is 2.26. The molecular formula is C12H10N4. The van der Waals surface area contributed by atoms with Crippen LogP contribution < -0.4 is 0 Å². The molecule has 0 spiro atoms. The highest BCUT2D eigenvalue weighted by atomic mass is 15.3. The van der Waals surface area contributed by atoms with Crippen molar-refractivity contribution < 1.29 is 0 Å². The molecule has 0 unspecified atom stereocenters. The van der Waals surface area contributed by atoms with Crippen LogP contribution in [-0.2, 0) is 0 Å². The van der Waals surface area contributed by atoms with Crippen molar-refractivity contribution in [3.8, 4) is 16.9 Å². The van der Waals surface area contributed by atoms with Crippen molar-refractivity contribution in [2.45, 2.75) is 0 Å². The van der Waals surface area contributed by atoms with Crippen molar-refractivity contribution in [2.75, 3.05) is 0 Å². The Hall–Kier alpha value is -2.36. The monoisotopic (exact) mass is 210 g/mol. The molecule has 0 amide bonds. The molecule has 1 aromatic carbocycles. The number of rotatable bonds is 2. The van der Waals surface area contributed by atoms with Gasteiger partial charge in [0.05, 0.1) is 23.9 Å². The van der Waals surface area contributed by atoms with E-state index in [9.17, 15) is 0 Å². The summed E-state index contributed by atoms with van der Waals surface area (Å²) in [7, 11) is 0. The first-order valence-electron chi connectivity index (χ1n) is 5.02. The highest BCUT2D eigenvalue weighted by Crippen LogP contribution is 2.18. The largest absolute Gasteiger partial charge is 0.345 e. The van der Waals surface area contributed by atoms with Gasteiger partial charge in [-0.1, -0.05) is 12.1 Å². The van der Waals surface area contributed by atoms with Crippen molar-refractivity contribution in [1.29, 1.82) is 0 Å². The third-order valence-corrected chi connectivity index (χ3v) is 2.42. The van der Waals surface area contributed by atoms with Gasteiger partial charge in [0.1, 0.15) is 0 Å². The van der Waals surface area contributed by atoms with Crippen LogP contribution in [0.3, 0.4) is 0 Å². The molecule has 0 aliphatic heterocycles. The quantitative estimate of drug-likeness (QED) is 0.705. The SMILES string of the molecule is c1cc(-c2cnc[nH]2)cc(-n2cccn2)c1. The van der Waals surface area contributed by atoms with Crippen LogP contribution in [-0.4, -0.2) is 19.7 Å². The minimum atomic E-state index is 1.01. The summed E-state index contributed by atoms with van der Waals surface area (Å²) in [5.41, 5.74) is 3.15. The summed E-state index contributed by atoms with van der Waals surface area (Å²) < 4.78 is 1.83. The first kappa shape index (κ1) is 8.91. The fourth-order valence-electron chi connectivity index (χ4n) is 1.65. The number of hydrogen-bond acceptors (Lipinski definition) is 2. The number of imidazole rings is 1. The van der Waals surface area contributed by atoms with Gasteiger partial charge in [-0.2, -0.15) is 5.10 Å². The summed E-state index contributed by atoms with van der Waals surface area (Å²) in [6.45, 7) is 0. The van der Waals surface area contributed by atoms with E-state index < -0.39 is 0 Å². The molecule has 78 valence electrons. The fraction of sp³-hybridized carbons (Fsp3) is 0. The lowest BCUT2D eigenvalue weighted by Gasteiger charge is -2.03. The van der Waals surface area contributed by atoms with E-state index in [1.807, 2.05) is 41.3 Å². The average Bonchev–Trinajstić information content (AvgIpc) is 3.03. The van der Waals surface area contributed by atoms with Crippen LogP contribution in [0.25, 0.3) is 16.9 Å². The standard InChI is InChI=1S/C12H10N4/c1-3-10(12-8-13-9-14-12)7-11(4-1)16-6-2-5-15-16/h1-9H,(H,13,14). The van der Waals surface area contributed by atoms with Gasteiger partial charge in [-0.05, 0) is 18.2 Å². The molecule has 1 N–H and O–H groups in total. The maximum atomic E-state index is 4.20. The van der Waals surface area contributed by atoms with E-state index in [2.05, 4.69) is 21.1 Å². The Morgan fingerprint density at radius 3 is 2.94 bits per heavy atom. The summed E-state index contributed by atoms with van der Waals surface area (Å²) >= 11 is 0. The molecular weight excluding hydrogens is 200 g/mol. The zero-order chi connectivity index (χ0) is 10.8. The first-order chi connectivity index (χ1) is 7.93. The Balaban J connectivity index is 2.07. The molecule has 2 aromatic heterocycles. The molecule has 0 atom stereocenters. The Morgan fingerprint density at radius 1 is 1.19 bits per heavy atom. The van der Waals surface area contributed by atoms with Gasteiger partial charge in [-0.25, -0.2) is 9.67 Å². The van der Waals surface area contributed by atoms with E-state index in [-0.39, 0.29) is 0 Å². The molecule has 0 aliphatic rings. The van der Waals surface area contributed by atoms with E-state index in [0.29, 0.717) is 0 Å². The van der Waals surface area contributed by atoms with Gasteiger partial charge in [-0.3, -0.25) is 0 Å². The zero-order valence-electron chi connectivity index (χ0n) is 8.54. The highest BCUT2D eigenvalue weighted by Gasteiger charge is 2.01. The van der Waals surface area contributed by atoms with Gasteiger partial charge < -0.3 is 4.98 Å². The Labute approximate surface area is 92.6 Å². The fourth-order valence-corrected chi connectivity index (χ4v) is 1.65. The Morgan fingerprint density at radius 2 is 2.19 bits per heavy atom. The zero-order valence-corrected chi connectivity index (χ0v) is 8.54. The van der Waals surface area contributed by atoms with Crippen molar-refractivity contribution in [3.63, 3.8) is 0 Å². The number of benzene rings is 1. The molecule has 16 heavy (non-hydrogen) atoms. The summed E-state index contributed by atoms with van der Waals surface area (Å²) in [4.78, 5) is 7.10. The van der Waals surface area contributed by atoms with Crippen LogP contribution in [0, 0.1) is 0 Å². The number of aromatic amines is 1. The smallest absolute Gasteiger partial charge is 0.0924 e. The van der Waals surface area contributed by atoms with Gasteiger partial charge in [-0.15, -0.1) is 0 Å². The van der Waals surface area contributed by atoms with Gasteiger partial charge in [0.2, 0.25) is 0 Å². The second-order valence-corrected chi connectivity index (χ2v) is 3.47. The Bertz CT molecular complexity index is 517. The third kappa shape index (κ3) is 1.50. The molecule has 2 heterocycles. The lowest BCUT2D eigenvalue weighted by Crippen LogP contribution is -1.93. The van der Waals surface area contributed by atoms with Gasteiger partial charge in [0, 0.05) is 18.0 Å². The lowest BCUT2D eigenvalue weighted by molar-refractivity contribution is 0.881. The number of nitrogens with zero attached hydrogens (tertiary/aromatic N) is 3. The maximum Gasteiger partial charge on any atom is 0.0924 e. The normalized spacial score (nSPS) is 10.5. The minimum absolute atomic E-state index is 1.01. The van der Waals surface area contributed by atoms with Crippen LogP contribution in [0.1, 0.15) is 0 Å². The molecule has 0 bridgehead atoms. The van der Waals surface area contributed by atoms with E-state index in [4.69, 9.17) is 0 Å². The van der Waals surface area contributed by atoms with Crippen molar-refractivity contribution in [2.24, 2.45) is 0 Å². The van der Waals surface area contributed by atoms with E-state index in [1.165, 1.54) is 0 Å². The van der Waals surface area contributed by atoms with Crippen LogP contribution in [0.2, 0.25) is 0 Å². The Kier molecular flexibility index (Phi) is 2.04. The summed E-state index contributed by atoms with van der Waals surface area (Å²) in [6, 6.07) is 10.0. The second kappa shape index (κ2) is 3.66. The number of H-pyrrole nitrogens is 1. The second-order valence-electron chi connectivity index (χ2n) is 3.47. The first-order valence-corrected chi connectivity index (χ1v) is 5.02. The third-order valence-electron chi connectivity index (χ3n) is 2.42. The van der Waals surface area contributed by atoms with Gasteiger partial charge in [0.15, 0.2) is 0 Å². The highest BCUT2D eigenvalue weighted by molar-refractivity contribution is 5.61. The van der Waals surface area contributed by atoms with Crippen molar-refractivity contribution >= 4 is 0 Å². The van der Waals surface area contributed by atoms with E-state index in [0.717, 1.165) is 16.9 Å². The molecule has 0 saturated carbocycles. The summed E-state index contributed by atoms with van der Waals surface area (Å²) in [5.74, 6) is 0. The number of hydrogen-bond donors (Lipinski definition) is 1. The van der Waals surface area contributed by atoms with E-state index >= 15 is 0 Å².